The van der Waals surface area contributed by atoms with Crippen LogP contribution in [0.5, 0.6) is 0 Å². The van der Waals surface area contributed by atoms with Crippen LogP contribution in [0, 0.1) is 34.5 Å². The van der Waals surface area contributed by atoms with Gasteiger partial charge in [0, 0.05) is 29.8 Å². The smallest absolute Gasteiger partial charge is 0.336 e. The molecule has 8 atom stereocenters. The summed E-state index contributed by atoms with van der Waals surface area (Å²) < 4.78 is 33.4. The van der Waals surface area contributed by atoms with Gasteiger partial charge >= 0.3 is 5.97 Å². The summed E-state index contributed by atoms with van der Waals surface area (Å²) in [5.41, 5.74) is -1.32. The summed E-state index contributed by atoms with van der Waals surface area (Å²) in [5, 5.41) is 0. The average Bonchev–Trinajstić information content (AvgIpc) is 2.81. The van der Waals surface area contributed by atoms with E-state index in [0.29, 0.717) is 25.2 Å². The highest BCUT2D eigenvalue weighted by Gasteiger charge is 2.73. The van der Waals surface area contributed by atoms with E-state index in [1.54, 1.807) is 14.0 Å². The van der Waals surface area contributed by atoms with E-state index in [4.69, 9.17) is 28.4 Å². The van der Waals surface area contributed by atoms with Gasteiger partial charge in [-0.1, -0.05) is 20.8 Å². The molecule has 0 radical (unpaired) electrons. The van der Waals surface area contributed by atoms with Crippen molar-refractivity contribution in [1.82, 2.24) is 0 Å². The Morgan fingerprint density at radius 1 is 1.09 bits per heavy atom. The Labute approximate surface area is 206 Å². The van der Waals surface area contributed by atoms with E-state index in [1.807, 2.05) is 26.8 Å². The number of carbonyl (C=O) groups excluding carboxylic acids is 3. The molecule has 3 aliphatic carbocycles. The van der Waals surface area contributed by atoms with Crippen LogP contribution in [0.25, 0.3) is 0 Å². The second-order valence-electron chi connectivity index (χ2n) is 10.4. The fourth-order valence-corrected chi connectivity index (χ4v) is 7.38. The van der Waals surface area contributed by atoms with E-state index >= 15 is 0 Å². The number of ether oxygens (including phenoxy) is 6. The number of Topliss-reactive ketones (excluding diaryl/α,β-unsaturated/α-hetero) is 2. The highest BCUT2D eigenvalue weighted by Crippen LogP contribution is 2.67. The minimum absolute atomic E-state index is 0.0525. The maximum atomic E-state index is 14.1. The molecule has 0 N–H and O–H groups in total. The number of carbonyl (C=O) groups is 3. The molecule has 0 spiro atoms. The normalized spacial score (nSPS) is 40.5. The summed E-state index contributed by atoms with van der Waals surface area (Å²) in [7, 11) is 4.48. The Kier molecular flexibility index (Phi) is 6.89. The lowest BCUT2D eigenvalue weighted by Gasteiger charge is -2.64. The quantitative estimate of drug-likeness (QED) is 0.287. The zero-order chi connectivity index (χ0) is 25.7. The second-order valence-corrected chi connectivity index (χ2v) is 10.4. The molecule has 0 aromatic heterocycles. The molecule has 35 heavy (non-hydrogen) atoms. The number of allylic oxidation sites excluding steroid dienone is 3. The molecule has 0 amide bonds. The summed E-state index contributed by atoms with van der Waals surface area (Å²) in [6.45, 7) is 8.16. The van der Waals surface area contributed by atoms with Gasteiger partial charge in [-0.25, -0.2) is 4.79 Å². The van der Waals surface area contributed by atoms with Crippen molar-refractivity contribution in [3.8, 4) is 0 Å². The van der Waals surface area contributed by atoms with Gasteiger partial charge < -0.3 is 28.4 Å². The standard InChI is InChI=1S/C26H36O9/c1-13-10-16(31-6)23(28)25(3)15(13)11-17-26(4)18(14(2)20(32-7)19(27)22(25)26)21(24(29)35-17)34-12-33-9-8-30-5/h10,13,15,17-18,21-22H,8-9,11-12H2,1-7H3/t13-,15+,17-,18-,21-,22-,25+,26+/m1/s1. The number of hydrogen-bond donors (Lipinski definition) is 0. The Bertz CT molecular complexity index is 968. The van der Waals surface area contributed by atoms with Gasteiger partial charge in [-0.05, 0) is 36.8 Å². The van der Waals surface area contributed by atoms with E-state index in [9.17, 15) is 14.4 Å². The maximum absolute atomic E-state index is 14.1. The van der Waals surface area contributed by atoms with E-state index in [0.717, 1.165) is 0 Å². The van der Waals surface area contributed by atoms with Gasteiger partial charge in [-0.3, -0.25) is 9.59 Å². The molecule has 0 aromatic carbocycles. The van der Waals surface area contributed by atoms with Crippen molar-refractivity contribution >= 4 is 17.5 Å². The predicted molar refractivity (Wildman–Crippen MR) is 123 cm³/mol. The van der Waals surface area contributed by atoms with Crippen LogP contribution in [0.4, 0.5) is 0 Å². The molecule has 2 fully saturated rings. The number of ketones is 2. The Morgan fingerprint density at radius 2 is 1.80 bits per heavy atom. The van der Waals surface area contributed by atoms with Crippen molar-refractivity contribution in [2.24, 2.45) is 34.5 Å². The third-order valence-electron chi connectivity index (χ3n) is 8.88. The summed E-state index contributed by atoms with van der Waals surface area (Å²) in [4.78, 5) is 41.1. The molecule has 1 saturated carbocycles. The van der Waals surface area contributed by atoms with Crippen LogP contribution in [-0.2, 0) is 42.8 Å². The lowest BCUT2D eigenvalue weighted by Crippen LogP contribution is -2.71. The fraction of sp³-hybridized carbons (Fsp3) is 0.731. The SMILES string of the molecule is COCCOCO[C@H]1C(=O)O[C@@H]2C[C@H]3[C@H](C)C=C(OC)C(=O)[C@]3(C)[C@H]3C(=O)C(OC)=C(C)[C@H]1[C@@]32C. The van der Waals surface area contributed by atoms with Crippen molar-refractivity contribution in [1.29, 1.82) is 0 Å². The summed E-state index contributed by atoms with van der Waals surface area (Å²) in [6, 6.07) is 0. The molecule has 9 heteroatoms. The van der Waals surface area contributed by atoms with Crippen LogP contribution >= 0.6 is 0 Å². The van der Waals surface area contributed by atoms with Gasteiger partial charge in [0.25, 0.3) is 0 Å². The fourth-order valence-electron chi connectivity index (χ4n) is 7.38. The Hall–Kier alpha value is -2.23. The maximum Gasteiger partial charge on any atom is 0.336 e. The molecule has 0 bridgehead atoms. The van der Waals surface area contributed by atoms with Gasteiger partial charge in [0.15, 0.2) is 17.6 Å². The van der Waals surface area contributed by atoms with Crippen molar-refractivity contribution in [3.05, 3.63) is 23.2 Å². The molecule has 194 valence electrons. The zero-order valence-electron chi connectivity index (χ0n) is 21.5. The lowest BCUT2D eigenvalue weighted by atomic mass is 9.40. The van der Waals surface area contributed by atoms with Crippen LogP contribution in [0.1, 0.15) is 34.1 Å². The van der Waals surface area contributed by atoms with Crippen LogP contribution in [0.15, 0.2) is 23.2 Å². The van der Waals surface area contributed by atoms with Gasteiger partial charge in [-0.15, -0.1) is 0 Å². The zero-order valence-corrected chi connectivity index (χ0v) is 21.5. The minimum Gasteiger partial charge on any atom is -0.493 e. The first kappa shape index (κ1) is 25.9. The average molecular weight is 493 g/mol. The van der Waals surface area contributed by atoms with Crippen molar-refractivity contribution in [2.45, 2.75) is 46.3 Å². The number of hydrogen-bond acceptors (Lipinski definition) is 9. The lowest BCUT2D eigenvalue weighted by molar-refractivity contribution is -0.247. The molecule has 1 aliphatic heterocycles. The number of esters is 1. The van der Waals surface area contributed by atoms with E-state index < -0.39 is 40.8 Å². The first-order chi connectivity index (χ1) is 16.6. The molecular weight excluding hydrogens is 456 g/mol. The molecule has 1 heterocycles. The summed E-state index contributed by atoms with van der Waals surface area (Å²) in [6.07, 6.45) is 0.719. The van der Waals surface area contributed by atoms with Crippen molar-refractivity contribution in [3.63, 3.8) is 0 Å². The second kappa shape index (κ2) is 9.33. The Morgan fingerprint density at radius 3 is 2.43 bits per heavy atom. The molecule has 0 unspecified atom stereocenters. The van der Waals surface area contributed by atoms with Gasteiger partial charge in [0.2, 0.25) is 11.6 Å². The number of fused-ring (bicyclic) bond motifs is 2. The first-order valence-electron chi connectivity index (χ1n) is 12.1. The molecule has 4 rings (SSSR count). The predicted octanol–water partition coefficient (Wildman–Crippen LogP) is 2.43. The monoisotopic (exact) mass is 492 g/mol. The van der Waals surface area contributed by atoms with Crippen LogP contribution in [-0.4, -0.2) is 71.1 Å². The largest absolute Gasteiger partial charge is 0.493 e. The molecule has 0 aromatic rings. The molecule has 4 aliphatic rings. The van der Waals surface area contributed by atoms with Gasteiger partial charge in [-0.2, -0.15) is 0 Å². The first-order valence-corrected chi connectivity index (χ1v) is 12.1. The third kappa shape index (κ3) is 3.57. The van der Waals surface area contributed by atoms with Gasteiger partial charge in [0.05, 0.1) is 27.4 Å². The van der Waals surface area contributed by atoms with Crippen LogP contribution in [0.2, 0.25) is 0 Å². The topological polar surface area (TPSA) is 107 Å². The highest BCUT2D eigenvalue weighted by molar-refractivity contribution is 6.07. The van der Waals surface area contributed by atoms with Crippen molar-refractivity contribution < 1.29 is 42.8 Å². The molecular formula is C26H36O9. The molecule has 9 nitrogen and oxygen atoms in total. The van der Waals surface area contributed by atoms with E-state index in [2.05, 4.69) is 0 Å². The van der Waals surface area contributed by atoms with Crippen LogP contribution in [0.3, 0.4) is 0 Å². The highest BCUT2D eigenvalue weighted by atomic mass is 16.7. The number of methoxy groups -OCH3 is 3. The van der Waals surface area contributed by atoms with Crippen LogP contribution < -0.4 is 0 Å². The van der Waals surface area contributed by atoms with Crippen molar-refractivity contribution in [2.75, 3.05) is 41.3 Å². The van der Waals surface area contributed by atoms with E-state index in [1.165, 1.54) is 14.2 Å². The van der Waals surface area contributed by atoms with Gasteiger partial charge in [0.1, 0.15) is 12.9 Å². The summed E-state index contributed by atoms with van der Waals surface area (Å²) in [5.74, 6) is -2.08. The van der Waals surface area contributed by atoms with E-state index in [-0.39, 0.29) is 41.7 Å². The third-order valence-corrected chi connectivity index (χ3v) is 8.88. The number of rotatable bonds is 8. The summed E-state index contributed by atoms with van der Waals surface area (Å²) >= 11 is 0. The Balaban J connectivity index is 1.83. The minimum atomic E-state index is -1.06. The molecule has 1 saturated heterocycles.